The molecule has 1 heterocycles. The molecule has 0 spiro atoms. The number of terminal acetylenes is 1. The van der Waals surface area contributed by atoms with Gasteiger partial charge in [0.05, 0.1) is 0 Å². The molecule has 0 atom stereocenters. The summed E-state index contributed by atoms with van der Waals surface area (Å²) < 4.78 is 1.36. The van der Waals surface area contributed by atoms with E-state index in [4.69, 9.17) is 6.42 Å². The van der Waals surface area contributed by atoms with Gasteiger partial charge in [-0.2, -0.15) is 0 Å². The molecule has 0 aliphatic rings. The third kappa shape index (κ3) is 3.84. The van der Waals surface area contributed by atoms with Gasteiger partial charge in [-0.05, 0) is 96.2 Å². The first kappa shape index (κ1) is 20.2. The number of allylic oxidation sites excluding steroid dienone is 1. The van der Waals surface area contributed by atoms with Crippen LogP contribution in [0.4, 0.5) is 0 Å². The molecule has 30 heavy (non-hydrogen) atoms. The second-order valence-electron chi connectivity index (χ2n) is 7.97. The fraction of sp³-hybridized carbons (Fsp3) is 0.172. The van der Waals surface area contributed by atoms with Crippen molar-refractivity contribution >= 4 is 27.0 Å². The summed E-state index contributed by atoms with van der Waals surface area (Å²) in [7, 11) is 0. The van der Waals surface area contributed by atoms with E-state index >= 15 is 0 Å². The van der Waals surface area contributed by atoms with Gasteiger partial charge in [0.15, 0.2) is 0 Å². The Balaban J connectivity index is 1.58. The van der Waals surface area contributed by atoms with Gasteiger partial charge in [0.1, 0.15) is 0 Å². The summed E-state index contributed by atoms with van der Waals surface area (Å²) in [5.41, 5.74) is 9.94. The van der Waals surface area contributed by atoms with Crippen LogP contribution in [0.2, 0.25) is 0 Å². The monoisotopic (exact) mass is 406 g/mol. The highest BCUT2D eigenvalue weighted by molar-refractivity contribution is 7.20. The lowest BCUT2D eigenvalue weighted by molar-refractivity contribution is 1.01. The Kier molecular flexibility index (Phi) is 5.62. The highest BCUT2D eigenvalue weighted by Crippen LogP contribution is 2.38. The van der Waals surface area contributed by atoms with Gasteiger partial charge in [0.2, 0.25) is 0 Å². The summed E-state index contributed by atoms with van der Waals surface area (Å²) in [5.74, 6) is 2.73. The molecule has 0 unspecified atom stereocenters. The summed E-state index contributed by atoms with van der Waals surface area (Å²) in [6.07, 6.45) is 7.52. The summed E-state index contributed by atoms with van der Waals surface area (Å²) in [4.78, 5) is 1.34. The molecule has 148 valence electrons. The SMILES string of the molecule is C#Cc1cccc(-c2ccc(C)c(CCC(=C)c3sc4cccc(C)c4c3C)c2)c1. The molecule has 0 nitrogen and oxygen atoms in total. The van der Waals surface area contributed by atoms with Crippen LogP contribution in [0.15, 0.2) is 67.2 Å². The fourth-order valence-corrected chi connectivity index (χ4v) is 5.44. The molecule has 0 N–H and O–H groups in total. The van der Waals surface area contributed by atoms with Gasteiger partial charge in [0, 0.05) is 15.1 Å². The van der Waals surface area contributed by atoms with Gasteiger partial charge in [0.25, 0.3) is 0 Å². The fourth-order valence-electron chi connectivity index (χ4n) is 4.15. The first-order valence-corrected chi connectivity index (χ1v) is 11.1. The van der Waals surface area contributed by atoms with Gasteiger partial charge in [-0.25, -0.2) is 0 Å². The van der Waals surface area contributed by atoms with Crippen LogP contribution >= 0.6 is 11.3 Å². The minimum Gasteiger partial charge on any atom is -0.135 e. The van der Waals surface area contributed by atoms with Crippen molar-refractivity contribution in [3.63, 3.8) is 0 Å². The molecule has 0 amide bonds. The average Bonchev–Trinajstić information content (AvgIpc) is 3.10. The molecular weight excluding hydrogens is 380 g/mol. The third-order valence-corrected chi connectivity index (χ3v) is 7.25. The van der Waals surface area contributed by atoms with Crippen LogP contribution in [0.25, 0.3) is 26.8 Å². The van der Waals surface area contributed by atoms with Crippen molar-refractivity contribution in [2.24, 2.45) is 0 Å². The normalized spacial score (nSPS) is 10.9. The molecule has 4 rings (SSSR count). The summed E-state index contributed by atoms with van der Waals surface area (Å²) in [5, 5.41) is 1.39. The highest BCUT2D eigenvalue weighted by Gasteiger charge is 2.13. The van der Waals surface area contributed by atoms with Crippen molar-refractivity contribution in [1.29, 1.82) is 0 Å². The second-order valence-corrected chi connectivity index (χ2v) is 9.03. The molecule has 0 aliphatic carbocycles. The van der Waals surface area contributed by atoms with Crippen LogP contribution in [0.1, 0.15) is 39.1 Å². The van der Waals surface area contributed by atoms with Gasteiger partial charge in [-0.1, -0.05) is 55.0 Å². The summed E-state index contributed by atoms with van der Waals surface area (Å²) >= 11 is 1.87. The number of fused-ring (bicyclic) bond motifs is 1. The Bertz CT molecular complexity index is 1290. The minimum absolute atomic E-state index is 0.915. The van der Waals surface area contributed by atoms with Gasteiger partial charge < -0.3 is 0 Å². The maximum Gasteiger partial charge on any atom is 0.0354 e. The predicted octanol–water partition coefficient (Wildman–Crippen LogP) is 8.12. The lowest BCUT2D eigenvalue weighted by Gasteiger charge is -2.11. The zero-order chi connectivity index (χ0) is 21.3. The van der Waals surface area contributed by atoms with Gasteiger partial charge in [-0.3, -0.25) is 0 Å². The van der Waals surface area contributed by atoms with E-state index in [-0.39, 0.29) is 0 Å². The van der Waals surface area contributed by atoms with Crippen molar-refractivity contribution in [3.05, 3.63) is 99.9 Å². The molecule has 0 saturated carbocycles. The lowest BCUT2D eigenvalue weighted by atomic mass is 9.94. The number of rotatable bonds is 5. The van der Waals surface area contributed by atoms with Crippen molar-refractivity contribution in [2.75, 3.05) is 0 Å². The zero-order valence-corrected chi connectivity index (χ0v) is 18.7. The van der Waals surface area contributed by atoms with E-state index in [0.29, 0.717) is 0 Å². The summed E-state index contributed by atoms with van der Waals surface area (Å²) in [6.45, 7) is 11.1. The van der Waals surface area contributed by atoms with Crippen LogP contribution in [0, 0.1) is 33.1 Å². The minimum atomic E-state index is 0.915. The van der Waals surface area contributed by atoms with E-state index in [1.165, 1.54) is 53.9 Å². The molecule has 4 aromatic rings. The van der Waals surface area contributed by atoms with Crippen molar-refractivity contribution < 1.29 is 0 Å². The van der Waals surface area contributed by atoms with E-state index < -0.39 is 0 Å². The maximum atomic E-state index is 5.58. The molecule has 1 aromatic heterocycles. The van der Waals surface area contributed by atoms with Crippen molar-refractivity contribution in [3.8, 4) is 23.5 Å². The van der Waals surface area contributed by atoms with Crippen LogP contribution in [-0.4, -0.2) is 0 Å². The number of hydrogen-bond acceptors (Lipinski definition) is 1. The molecule has 0 bridgehead atoms. The van der Waals surface area contributed by atoms with E-state index in [1.807, 2.05) is 23.5 Å². The van der Waals surface area contributed by atoms with E-state index in [1.54, 1.807) is 0 Å². The number of hydrogen-bond donors (Lipinski definition) is 0. The molecule has 0 fully saturated rings. The van der Waals surface area contributed by atoms with E-state index in [9.17, 15) is 0 Å². The number of thiophene rings is 1. The van der Waals surface area contributed by atoms with Crippen molar-refractivity contribution in [1.82, 2.24) is 0 Å². The predicted molar refractivity (Wildman–Crippen MR) is 133 cm³/mol. The lowest BCUT2D eigenvalue weighted by Crippen LogP contribution is -1.93. The molecule has 1 heteroatoms. The van der Waals surface area contributed by atoms with Crippen LogP contribution in [-0.2, 0) is 6.42 Å². The Hall–Kier alpha value is -3.08. The molecule has 0 radical (unpaired) electrons. The van der Waals surface area contributed by atoms with Crippen LogP contribution in [0.3, 0.4) is 0 Å². The quantitative estimate of drug-likeness (QED) is 0.294. The van der Waals surface area contributed by atoms with E-state index in [0.717, 1.165) is 18.4 Å². The standard InChI is InChI=1S/C29H26S/c1-6-23-10-8-11-25(17-23)26-16-13-19(2)24(18-26)15-14-21(4)29-22(5)28-20(3)9-7-12-27(28)30-29/h1,7-13,16-18H,4,14-15H2,2-3,5H3. The topological polar surface area (TPSA) is 0 Å². The first-order valence-electron chi connectivity index (χ1n) is 10.3. The Morgan fingerprint density at radius 1 is 0.933 bits per heavy atom. The maximum absolute atomic E-state index is 5.58. The third-order valence-electron chi connectivity index (χ3n) is 5.89. The summed E-state index contributed by atoms with van der Waals surface area (Å²) in [6, 6.07) is 21.5. The zero-order valence-electron chi connectivity index (χ0n) is 17.9. The second kappa shape index (κ2) is 8.34. The van der Waals surface area contributed by atoms with Gasteiger partial charge >= 0.3 is 0 Å². The molecule has 3 aromatic carbocycles. The molecule has 0 aliphatic heterocycles. The first-order chi connectivity index (χ1) is 14.5. The highest BCUT2D eigenvalue weighted by atomic mass is 32.1. The van der Waals surface area contributed by atoms with Crippen molar-refractivity contribution in [2.45, 2.75) is 33.6 Å². The van der Waals surface area contributed by atoms with E-state index in [2.05, 4.69) is 81.8 Å². The molecule has 0 saturated heterocycles. The van der Waals surface area contributed by atoms with Gasteiger partial charge in [-0.15, -0.1) is 17.8 Å². The Morgan fingerprint density at radius 2 is 1.70 bits per heavy atom. The largest absolute Gasteiger partial charge is 0.135 e. The molecular formula is C29H26S. The Labute approximate surface area is 183 Å². The average molecular weight is 407 g/mol. The number of aryl methyl sites for hydroxylation is 4. The smallest absolute Gasteiger partial charge is 0.0354 e. The number of benzene rings is 3. The Morgan fingerprint density at radius 3 is 2.47 bits per heavy atom. The van der Waals surface area contributed by atoms with Crippen LogP contribution < -0.4 is 0 Å². The van der Waals surface area contributed by atoms with Crippen LogP contribution in [0.5, 0.6) is 0 Å².